The van der Waals surface area contributed by atoms with Gasteiger partial charge in [-0.05, 0) is 25.5 Å². The number of ether oxygens (including phenoxy) is 2. The van der Waals surface area contributed by atoms with E-state index in [4.69, 9.17) is 9.47 Å². The van der Waals surface area contributed by atoms with Crippen molar-refractivity contribution in [3.05, 3.63) is 36.3 Å². The molecule has 0 bridgehead atoms. The summed E-state index contributed by atoms with van der Waals surface area (Å²) in [5.74, 6) is -0.0981. The van der Waals surface area contributed by atoms with Gasteiger partial charge in [0.2, 0.25) is 11.0 Å². The Balaban J connectivity index is 1.65. The van der Waals surface area contributed by atoms with Gasteiger partial charge in [-0.25, -0.2) is 9.37 Å². The van der Waals surface area contributed by atoms with Crippen molar-refractivity contribution in [3.63, 3.8) is 0 Å². The van der Waals surface area contributed by atoms with E-state index >= 15 is 0 Å². The summed E-state index contributed by atoms with van der Waals surface area (Å²) in [6, 6.07) is 5.84. The first kappa shape index (κ1) is 14.9. The van der Waals surface area contributed by atoms with E-state index in [0.29, 0.717) is 35.6 Å². The number of thiazole rings is 1. The molecule has 1 aromatic heterocycles. The Kier molecular flexibility index (Phi) is 4.08. The van der Waals surface area contributed by atoms with Crippen LogP contribution in [-0.2, 0) is 9.53 Å². The predicted molar refractivity (Wildman–Crippen MR) is 80.8 cm³/mol. The zero-order valence-electron chi connectivity index (χ0n) is 12.0. The molecule has 1 aliphatic rings. The maximum absolute atomic E-state index is 13.1. The largest absolute Gasteiger partial charge is 0.445 e. The highest BCUT2D eigenvalue weighted by atomic mass is 32.1. The number of carbonyl (C=O) groups is 1. The summed E-state index contributed by atoms with van der Waals surface area (Å²) >= 11 is 1.19. The van der Waals surface area contributed by atoms with Crippen LogP contribution in [0.1, 0.15) is 13.3 Å². The third kappa shape index (κ3) is 3.26. The molecule has 1 saturated heterocycles. The Labute approximate surface area is 131 Å². The standard InChI is InChI=1S/C15H15FN2O3S/c1-15(5-6-20-9-15)13(19)18-14-17-8-12(22-14)21-11-4-2-3-10(16)7-11/h2-4,7-8H,5-6,9H2,1H3,(H,17,18,19)/t15-/m0/s1. The van der Waals surface area contributed by atoms with E-state index in [1.807, 2.05) is 6.92 Å². The summed E-state index contributed by atoms with van der Waals surface area (Å²) in [6.07, 6.45) is 2.19. The van der Waals surface area contributed by atoms with Gasteiger partial charge in [-0.2, -0.15) is 0 Å². The Morgan fingerprint density at radius 1 is 1.55 bits per heavy atom. The van der Waals surface area contributed by atoms with Gasteiger partial charge in [0.05, 0.1) is 18.2 Å². The number of rotatable bonds is 4. The first-order valence-electron chi connectivity index (χ1n) is 6.84. The zero-order valence-corrected chi connectivity index (χ0v) is 12.8. The third-order valence-corrected chi connectivity index (χ3v) is 4.28. The highest BCUT2D eigenvalue weighted by Crippen LogP contribution is 2.33. The Morgan fingerprint density at radius 3 is 3.14 bits per heavy atom. The fourth-order valence-electron chi connectivity index (χ4n) is 2.11. The number of hydrogen-bond acceptors (Lipinski definition) is 5. The van der Waals surface area contributed by atoms with Crippen molar-refractivity contribution < 1.29 is 18.7 Å². The van der Waals surface area contributed by atoms with Crippen LogP contribution in [0.25, 0.3) is 0 Å². The lowest BCUT2D eigenvalue weighted by Crippen LogP contribution is -2.33. The number of aromatic nitrogens is 1. The molecule has 1 aliphatic heterocycles. The molecule has 3 rings (SSSR count). The van der Waals surface area contributed by atoms with E-state index in [2.05, 4.69) is 10.3 Å². The normalized spacial score (nSPS) is 20.8. The van der Waals surface area contributed by atoms with Crippen molar-refractivity contribution in [2.75, 3.05) is 18.5 Å². The van der Waals surface area contributed by atoms with Crippen molar-refractivity contribution in [2.24, 2.45) is 5.41 Å². The number of halogens is 1. The fraction of sp³-hybridized carbons (Fsp3) is 0.333. The summed E-state index contributed by atoms with van der Waals surface area (Å²) in [6.45, 7) is 2.87. The van der Waals surface area contributed by atoms with Gasteiger partial charge in [0.1, 0.15) is 11.6 Å². The summed E-state index contributed by atoms with van der Waals surface area (Å²) in [4.78, 5) is 16.3. The van der Waals surface area contributed by atoms with Gasteiger partial charge in [0, 0.05) is 12.7 Å². The second kappa shape index (κ2) is 6.02. The van der Waals surface area contributed by atoms with Crippen LogP contribution in [0.4, 0.5) is 9.52 Å². The molecule has 7 heteroatoms. The molecule has 22 heavy (non-hydrogen) atoms. The molecule has 0 radical (unpaired) electrons. The second-order valence-electron chi connectivity index (χ2n) is 5.36. The average molecular weight is 322 g/mol. The monoisotopic (exact) mass is 322 g/mol. The minimum Gasteiger partial charge on any atom is -0.445 e. The van der Waals surface area contributed by atoms with Crippen LogP contribution in [0.3, 0.4) is 0 Å². The first-order chi connectivity index (χ1) is 10.5. The highest BCUT2D eigenvalue weighted by molar-refractivity contribution is 7.17. The lowest BCUT2D eigenvalue weighted by atomic mass is 9.89. The summed E-state index contributed by atoms with van der Waals surface area (Å²) in [5, 5.41) is 3.71. The van der Waals surface area contributed by atoms with Crippen LogP contribution in [0.15, 0.2) is 30.5 Å². The number of carbonyl (C=O) groups excluding carboxylic acids is 1. The molecular weight excluding hydrogens is 307 g/mol. The first-order valence-corrected chi connectivity index (χ1v) is 7.65. The Morgan fingerprint density at radius 2 is 2.41 bits per heavy atom. The quantitative estimate of drug-likeness (QED) is 0.937. The summed E-state index contributed by atoms with van der Waals surface area (Å²) in [7, 11) is 0. The van der Waals surface area contributed by atoms with E-state index in [1.165, 1.54) is 29.7 Å². The minimum absolute atomic E-state index is 0.114. The molecule has 0 spiro atoms. The number of benzene rings is 1. The zero-order chi connectivity index (χ0) is 15.6. The molecule has 1 aromatic carbocycles. The topological polar surface area (TPSA) is 60.5 Å². The SMILES string of the molecule is C[C@]1(C(=O)Nc2ncc(Oc3cccc(F)c3)s2)CCOC1. The molecule has 0 aliphatic carbocycles. The number of nitrogens with one attached hydrogen (secondary N) is 1. The Hall–Kier alpha value is -1.99. The van der Waals surface area contributed by atoms with E-state index in [0.717, 1.165) is 0 Å². The van der Waals surface area contributed by atoms with Crippen molar-refractivity contribution in [1.82, 2.24) is 4.98 Å². The molecule has 0 saturated carbocycles. The van der Waals surface area contributed by atoms with Gasteiger partial charge in [-0.15, -0.1) is 0 Å². The van der Waals surface area contributed by atoms with Crippen LogP contribution in [-0.4, -0.2) is 24.1 Å². The molecule has 0 unspecified atom stereocenters. The molecule has 1 atom stereocenters. The van der Waals surface area contributed by atoms with Crippen molar-refractivity contribution in [1.29, 1.82) is 0 Å². The summed E-state index contributed by atoms with van der Waals surface area (Å²) in [5.41, 5.74) is -0.519. The predicted octanol–water partition coefficient (Wildman–Crippen LogP) is 3.44. The van der Waals surface area contributed by atoms with Crippen molar-refractivity contribution >= 4 is 22.4 Å². The average Bonchev–Trinajstić information content (AvgIpc) is 3.09. The maximum Gasteiger partial charge on any atom is 0.234 e. The number of nitrogens with zero attached hydrogens (tertiary/aromatic N) is 1. The highest BCUT2D eigenvalue weighted by Gasteiger charge is 2.37. The van der Waals surface area contributed by atoms with Crippen LogP contribution < -0.4 is 10.1 Å². The Bertz CT molecular complexity index is 683. The molecule has 1 N–H and O–H groups in total. The van der Waals surface area contributed by atoms with Gasteiger partial charge in [0.25, 0.3) is 0 Å². The van der Waals surface area contributed by atoms with Gasteiger partial charge in [0.15, 0.2) is 5.13 Å². The number of amides is 1. The molecule has 5 nitrogen and oxygen atoms in total. The molecule has 1 amide bonds. The van der Waals surface area contributed by atoms with E-state index in [1.54, 1.807) is 12.1 Å². The molecular formula is C15H15FN2O3S. The van der Waals surface area contributed by atoms with Gasteiger partial charge in [-0.1, -0.05) is 17.4 Å². The maximum atomic E-state index is 13.1. The molecule has 2 aromatic rings. The van der Waals surface area contributed by atoms with Gasteiger partial charge < -0.3 is 14.8 Å². The van der Waals surface area contributed by atoms with Gasteiger partial charge in [-0.3, -0.25) is 4.79 Å². The van der Waals surface area contributed by atoms with Crippen LogP contribution in [0, 0.1) is 11.2 Å². The minimum atomic E-state index is -0.519. The van der Waals surface area contributed by atoms with Gasteiger partial charge >= 0.3 is 0 Å². The van der Waals surface area contributed by atoms with Crippen LogP contribution in [0.2, 0.25) is 0 Å². The molecule has 2 heterocycles. The third-order valence-electron chi connectivity index (χ3n) is 3.49. The van der Waals surface area contributed by atoms with Crippen molar-refractivity contribution in [2.45, 2.75) is 13.3 Å². The van der Waals surface area contributed by atoms with E-state index in [-0.39, 0.29) is 11.7 Å². The van der Waals surface area contributed by atoms with Crippen molar-refractivity contribution in [3.8, 4) is 10.8 Å². The number of anilines is 1. The summed E-state index contributed by atoms with van der Waals surface area (Å²) < 4.78 is 23.9. The number of hydrogen-bond donors (Lipinski definition) is 1. The lowest BCUT2D eigenvalue weighted by Gasteiger charge is -2.19. The fourth-order valence-corrected chi connectivity index (χ4v) is 2.79. The van der Waals surface area contributed by atoms with Crippen LogP contribution in [0.5, 0.6) is 10.8 Å². The smallest absolute Gasteiger partial charge is 0.234 e. The lowest BCUT2D eigenvalue weighted by molar-refractivity contribution is -0.124. The molecule has 116 valence electrons. The second-order valence-corrected chi connectivity index (χ2v) is 6.35. The van der Waals surface area contributed by atoms with E-state index < -0.39 is 5.41 Å². The molecule has 1 fully saturated rings. The van der Waals surface area contributed by atoms with Crippen LogP contribution >= 0.6 is 11.3 Å². The van der Waals surface area contributed by atoms with E-state index in [9.17, 15) is 9.18 Å².